The Balaban J connectivity index is 2.81. The molecule has 0 aliphatic rings. The highest BCUT2D eigenvalue weighted by molar-refractivity contribution is 5.65. The van der Waals surface area contributed by atoms with Crippen molar-refractivity contribution in [1.82, 2.24) is 0 Å². The average molecular weight is 186 g/mol. The molecule has 1 rings (SSSR count). The van der Waals surface area contributed by atoms with Crippen LogP contribution in [0.3, 0.4) is 0 Å². The van der Waals surface area contributed by atoms with E-state index in [1.165, 1.54) is 16.7 Å². The first kappa shape index (κ1) is 10.8. The molecule has 0 N–H and O–H groups in total. The molecule has 0 bridgehead atoms. The van der Waals surface area contributed by atoms with Crippen molar-refractivity contribution in [2.24, 2.45) is 0 Å². The van der Waals surface area contributed by atoms with Crippen LogP contribution in [0.25, 0.3) is 5.57 Å². The van der Waals surface area contributed by atoms with Gasteiger partial charge in [-0.15, -0.1) is 0 Å². The minimum Gasteiger partial charge on any atom is -0.0736 e. The van der Waals surface area contributed by atoms with Crippen LogP contribution in [-0.2, 0) is 0 Å². The van der Waals surface area contributed by atoms with Crippen LogP contribution in [0.4, 0.5) is 0 Å². The van der Waals surface area contributed by atoms with E-state index in [4.69, 9.17) is 0 Å². The molecule has 0 aliphatic carbocycles. The van der Waals surface area contributed by atoms with Gasteiger partial charge in [-0.05, 0) is 31.4 Å². The van der Waals surface area contributed by atoms with Crippen molar-refractivity contribution in [3.8, 4) is 0 Å². The van der Waals surface area contributed by atoms with Gasteiger partial charge in [0.1, 0.15) is 0 Å². The number of rotatable bonds is 3. The highest BCUT2D eigenvalue weighted by Crippen LogP contribution is 2.13. The Morgan fingerprint density at radius 3 is 2.29 bits per heavy atom. The SMILES string of the molecule is CC/C(C)=C\C=C(/C)c1ccccc1. The van der Waals surface area contributed by atoms with Crippen LogP contribution in [0.1, 0.15) is 32.8 Å². The summed E-state index contributed by atoms with van der Waals surface area (Å²) < 4.78 is 0. The van der Waals surface area contributed by atoms with E-state index in [2.05, 4.69) is 57.2 Å². The molecule has 0 nitrogen and oxygen atoms in total. The van der Waals surface area contributed by atoms with Crippen LogP contribution in [0.2, 0.25) is 0 Å². The summed E-state index contributed by atoms with van der Waals surface area (Å²) in [6, 6.07) is 10.5. The number of benzene rings is 1. The summed E-state index contributed by atoms with van der Waals surface area (Å²) in [6.07, 6.45) is 5.51. The summed E-state index contributed by atoms with van der Waals surface area (Å²) >= 11 is 0. The molecule has 74 valence electrons. The van der Waals surface area contributed by atoms with Crippen molar-refractivity contribution in [1.29, 1.82) is 0 Å². The fourth-order valence-corrected chi connectivity index (χ4v) is 1.18. The molecule has 0 unspecified atom stereocenters. The molecule has 14 heavy (non-hydrogen) atoms. The average Bonchev–Trinajstić information content (AvgIpc) is 2.26. The number of allylic oxidation sites excluding steroid dienone is 4. The fourth-order valence-electron chi connectivity index (χ4n) is 1.18. The molecule has 0 atom stereocenters. The molecule has 0 aromatic heterocycles. The van der Waals surface area contributed by atoms with Gasteiger partial charge >= 0.3 is 0 Å². The molecular formula is C14H18. The van der Waals surface area contributed by atoms with Crippen molar-refractivity contribution in [2.75, 3.05) is 0 Å². The predicted molar refractivity (Wildman–Crippen MR) is 64.1 cm³/mol. The molecule has 0 fully saturated rings. The van der Waals surface area contributed by atoms with Gasteiger partial charge in [0.05, 0.1) is 0 Å². The van der Waals surface area contributed by atoms with Gasteiger partial charge in [-0.2, -0.15) is 0 Å². The second kappa shape index (κ2) is 5.43. The van der Waals surface area contributed by atoms with E-state index in [1.807, 2.05) is 6.07 Å². The van der Waals surface area contributed by atoms with Gasteiger partial charge in [0, 0.05) is 0 Å². The molecule has 0 aliphatic heterocycles. The van der Waals surface area contributed by atoms with E-state index in [0.717, 1.165) is 6.42 Å². The normalized spacial score (nSPS) is 13.1. The van der Waals surface area contributed by atoms with E-state index >= 15 is 0 Å². The Hall–Kier alpha value is -1.30. The summed E-state index contributed by atoms with van der Waals surface area (Å²) in [6.45, 7) is 6.49. The van der Waals surface area contributed by atoms with Gasteiger partial charge in [0.25, 0.3) is 0 Å². The molecule has 0 amide bonds. The van der Waals surface area contributed by atoms with Gasteiger partial charge in [0.15, 0.2) is 0 Å². The summed E-state index contributed by atoms with van der Waals surface area (Å²) in [5, 5.41) is 0. The quantitative estimate of drug-likeness (QED) is 0.612. The molecule has 1 aromatic rings. The molecule has 0 saturated carbocycles. The topological polar surface area (TPSA) is 0 Å². The third-order valence-corrected chi connectivity index (χ3v) is 2.40. The molecule has 0 radical (unpaired) electrons. The van der Waals surface area contributed by atoms with E-state index < -0.39 is 0 Å². The second-order valence-electron chi connectivity index (χ2n) is 3.58. The highest BCUT2D eigenvalue weighted by atomic mass is 14.0. The second-order valence-corrected chi connectivity index (χ2v) is 3.58. The Morgan fingerprint density at radius 2 is 1.71 bits per heavy atom. The Bertz CT molecular complexity index is 328. The lowest BCUT2D eigenvalue weighted by Crippen LogP contribution is -1.77. The summed E-state index contributed by atoms with van der Waals surface area (Å²) in [5.74, 6) is 0. The number of hydrogen-bond donors (Lipinski definition) is 0. The summed E-state index contributed by atoms with van der Waals surface area (Å²) in [5.41, 5.74) is 4.03. The summed E-state index contributed by atoms with van der Waals surface area (Å²) in [7, 11) is 0. The fraction of sp³-hybridized carbons (Fsp3) is 0.286. The zero-order chi connectivity index (χ0) is 10.4. The molecule has 0 saturated heterocycles. The maximum atomic E-state index is 2.20. The lowest BCUT2D eigenvalue weighted by Gasteiger charge is -1.99. The number of hydrogen-bond acceptors (Lipinski definition) is 0. The first-order valence-corrected chi connectivity index (χ1v) is 5.13. The molecule has 0 heteroatoms. The van der Waals surface area contributed by atoms with Crippen molar-refractivity contribution in [3.63, 3.8) is 0 Å². The van der Waals surface area contributed by atoms with Gasteiger partial charge in [-0.1, -0.05) is 55.0 Å². The minimum atomic E-state index is 1.12. The third kappa shape index (κ3) is 3.21. The molecule has 0 heterocycles. The smallest absolute Gasteiger partial charge is 0.0227 e. The molecular weight excluding hydrogens is 168 g/mol. The van der Waals surface area contributed by atoms with Crippen molar-refractivity contribution < 1.29 is 0 Å². The highest BCUT2D eigenvalue weighted by Gasteiger charge is 1.91. The van der Waals surface area contributed by atoms with Crippen LogP contribution in [0, 0.1) is 0 Å². The first-order chi connectivity index (χ1) is 6.74. The molecule has 1 aromatic carbocycles. The maximum absolute atomic E-state index is 2.20. The lowest BCUT2D eigenvalue weighted by molar-refractivity contribution is 1.10. The van der Waals surface area contributed by atoms with Crippen molar-refractivity contribution in [2.45, 2.75) is 27.2 Å². The first-order valence-electron chi connectivity index (χ1n) is 5.13. The van der Waals surface area contributed by atoms with Crippen LogP contribution in [0.5, 0.6) is 0 Å². The van der Waals surface area contributed by atoms with Crippen molar-refractivity contribution in [3.05, 3.63) is 53.6 Å². The van der Waals surface area contributed by atoms with Crippen LogP contribution >= 0.6 is 0 Å². The Labute approximate surface area is 87.0 Å². The van der Waals surface area contributed by atoms with Crippen molar-refractivity contribution >= 4 is 5.57 Å². The van der Waals surface area contributed by atoms with Crippen LogP contribution < -0.4 is 0 Å². The van der Waals surface area contributed by atoms with Crippen LogP contribution in [-0.4, -0.2) is 0 Å². The van der Waals surface area contributed by atoms with E-state index in [9.17, 15) is 0 Å². The maximum Gasteiger partial charge on any atom is -0.0227 e. The Kier molecular flexibility index (Phi) is 4.18. The molecule has 0 spiro atoms. The zero-order valence-corrected chi connectivity index (χ0v) is 9.25. The van der Waals surface area contributed by atoms with E-state index in [-0.39, 0.29) is 0 Å². The third-order valence-electron chi connectivity index (χ3n) is 2.40. The minimum absolute atomic E-state index is 1.12. The van der Waals surface area contributed by atoms with Gasteiger partial charge in [-0.3, -0.25) is 0 Å². The Morgan fingerprint density at radius 1 is 1.07 bits per heavy atom. The predicted octanol–water partition coefficient (Wildman–Crippen LogP) is 4.45. The lowest BCUT2D eigenvalue weighted by atomic mass is 10.1. The zero-order valence-electron chi connectivity index (χ0n) is 9.25. The van der Waals surface area contributed by atoms with E-state index in [0.29, 0.717) is 0 Å². The van der Waals surface area contributed by atoms with Gasteiger partial charge < -0.3 is 0 Å². The monoisotopic (exact) mass is 186 g/mol. The standard InChI is InChI=1S/C14H18/c1-4-12(2)10-11-13(3)14-8-6-5-7-9-14/h5-11H,4H2,1-3H3/b12-10-,13-11+. The van der Waals surface area contributed by atoms with Gasteiger partial charge in [0.2, 0.25) is 0 Å². The summed E-state index contributed by atoms with van der Waals surface area (Å²) in [4.78, 5) is 0. The largest absolute Gasteiger partial charge is 0.0736 e. The van der Waals surface area contributed by atoms with E-state index in [1.54, 1.807) is 0 Å². The van der Waals surface area contributed by atoms with Crippen LogP contribution in [0.15, 0.2) is 48.1 Å². The van der Waals surface area contributed by atoms with Gasteiger partial charge in [-0.25, -0.2) is 0 Å².